The molecule has 0 unspecified atom stereocenters. The third-order valence-corrected chi connectivity index (χ3v) is 8.82. The van der Waals surface area contributed by atoms with Crippen molar-refractivity contribution in [1.82, 2.24) is 0 Å². The van der Waals surface area contributed by atoms with E-state index in [1.807, 2.05) is 0 Å². The quantitative estimate of drug-likeness (QED) is 0.256. The van der Waals surface area contributed by atoms with Gasteiger partial charge in [-0.25, -0.2) is 30.0 Å². The molecular formula is C21H13N2O13S4-3. The Bertz CT molecular complexity index is 2020. The van der Waals surface area contributed by atoms with Crippen LogP contribution in [0.15, 0.2) is 80.2 Å². The van der Waals surface area contributed by atoms with Crippen molar-refractivity contribution in [2.75, 3.05) is 10.6 Å². The minimum atomic E-state index is -5.26. The first-order valence-corrected chi connectivity index (χ1v) is 16.0. The van der Waals surface area contributed by atoms with E-state index in [9.17, 15) is 56.7 Å². The summed E-state index contributed by atoms with van der Waals surface area (Å²) in [6, 6.07) is 8.43. The Balaban J connectivity index is 1.70. The summed E-state index contributed by atoms with van der Waals surface area (Å²) < 4.78 is 137. The van der Waals surface area contributed by atoms with E-state index >= 15 is 0 Å². The maximum atomic E-state index is 12.6. The molecule has 0 aromatic heterocycles. The molecule has 40 heavy (non-hydrogen) atoms. The molecule has 0 aliphatic carbocycles. The van der Waals surface area contributed by atoms with Gasteiger partial charge in [-0.1, -0.05) is 12.1 Å². The molecule has 0 atom stereocenters. The molecule has 0 spiro atoms. The minimum absolute atomic E-state index is 0.0733. The number of hydrogen-bond donors (Lipinski definition) is 3. The average molecular weight is 630 g/mol. The van der Waals surface area contributed by atoms with Crippen LogP contribution in [0.3, 0.4) is 0 Å². The summed E-state index contributed by atoms with van der Waals surface area (Å²) in [6.45, 7) is 0. The van der Waals surface area contributed by atoms with Gasteiger partial charge in [0.15, 0.2) is 0 Å². The summed E-state index contributed by atoms with van der Waals surface area (Å²) in [5.74, 6) is 0. The van der Waals surface area contributed by atoms with E-state index in [4.69, 9.17) is 0 Å². The number of hydrogen-bond acceptors (Lipinski definition) is 12. The van der Waals surface area contributed by atoms with Gasteiger partial charge in [0, 0.05) is 22.1 Å². The van der Waals surface area contributed by atoms with Crippen LogP contribution in [0.2, 0.25) is 0 Å². The lowest BCUT2D eigenvalue weighted by molar-refractivity contribution is 0.262. The maximum Gasteiger partial charge on any atom is 0.323 e. The molecule has 4 aromatic rings. The van der Waals surface area contributed by atoms with Crippen LogP contribution in [0.5, 0.6) is 0 Å². The molecule has 212 valence electrons. The number of fused-ring (bicyclic) bond motifs is 2. The van der Waals surface area contributed by atoms with Crippen LogP contribution in [0.1, 0.15) is 0 Å². The lowest BCUT2D eigenvalue weighted by atomic mass is 10.1. The summed E-state index contributed by atoms with van der Waals surface area (Å²) in [4.78, 5) is 8.77. The average Bonchev–Trinajstić information content (AvgIpc) is 2.80. The van der Waals surface area contributed by atoms with Gasteiger partial charge in [0.25, 0.3) is 10.1 Å². The molecule has 19 heteroatoms. The SMILES string of the molecule is O=C(Nc1ccc2cc(S(=O)(=O)[O-])cc(S(=O)(=O)[O-])c2c1)Nc1ccc2cc(S(=O)(=O)O)cc(S(=O)(=O)[O-])c2c1. The lowest BCUT2D eigenvalue weighted by Gasteiger charge is -2.16. The zero-order valence-electron chi connectivity index (χ0n) is 19.3. The molecule has 0 aliphatic rings. The van der Waals surface area contributed by atoms with Crippen molar-refractivity contribution in [2.45, 2.75) is 19.6 Å². The Kier molecular flexibility index (Phi) is 7.14. The fraction of sp³-hybridized carbons (Fsp3) is 0. The molecule has 15 nitrogen and oxygen atoms in total. The summed E-state index contributed by atoms with van der Waals surface area (Å²) in [5.41, 5.74) is -0.169. The van der Waals surface area contributed by atoms with Gasteiger partial charge >= 0.3 is 6.03 Å². The third-order valence-electron chi connectivity index (χ3n) is 5.42. The van der Waals surface area contributed by atoms with Gasteiger partial charge in [-0.3, -0.25) is 4.55 Å². The Morgan fingerprint density at radius 1 is 0.575 bits per heavy atom. The van der Waals surface area contributed by atoms with Crippen molar-refractivity contribution in [2.24, 2.45) is 0 Å². The van der Waals surface area contributed by atoms with Gasteiger partial charge < -0.3 is 24.3 Å². The summed E-state index contributed by atoms with van der Waals surface area (Å²) in [6.07, 6.45) is 0. The van der Waals surface area contributed by atoms with E-state index in [0.717, 1.165) is 36.4 Å². The number of nitrogens with one attached hydrogen (secondary N) is 2. The normalized spacial score (nSPS) is 12.9. The first-order valence-electron chi connectivity index (χ1n) is 10.3. The van der Waals surface area contributed by atoms with Crippen LogP contribution in [0.25, 0.3) is 21.5 Å². The predicted octanol–water partition coefficient (Wildman–Crippen LogP) is 1.60. The molecule has 0 aliphatic heterocycles. The molecule has 4 rings (SSSR count). The number of carbonyl (C=O) groups is 1. The van der Waals surface area contributed by atoms with Crippen molar-refractivity contribution in [1.29, 1.82) is 0 Å². The monoisotopic (exact) mass is 629 g/mol. The highest BCUT2D eigenvalue weighted by molar-refractivity contribution is 7.87. The molecule has 0 fully saturated rings. The first-order chi connectivity index (χ1) is 18.2. The summed E-state index contributed by atoms with van der Waals surface area (Å²) >= 11 is 0. The van der Waals surface area contributed by atoms with Crippen LogP contribution in [-0.2, 0) is 40.5 Å². The van der Waals surface area contributed by atoms with Gasteiger partial charge in [0.2, 0.25) is 0 Å². The van der Waals surface area contributed by atoms with E-state index in [1.165, 1.54) is 12.1 Å². The highest BCUT2D eigenvalue weighted by Crippen LogP contribution is 2.31. The smallest absolute Gasteiger partial charge is 0.323 e. The van der Waals surface area contributed by atoms with Crippen molar-refractivity contribution in [3.05, 3.63) is 60.7 Å². The van der Waals surface area contributed by atoms with Gasteiger partial charge in [-0.15, -0.1) is 0 Å². The highest BCUT2D eigenvalue weighted by atomic mass is 32.2. The molecule has 2 amide bonds. The molecule has 0 saturated carbocycles. The van der Waals surface area contributed by atoms with E-state index < -0.39 is 66.1 Å². The maximum absolute atomic E-state index is 12.6. The molecule has 0 saturated heterocycles. The van der Waals surface area contributed by atoms with Gasteiger partial charge in [0.05, 0.1) is 19.6 Å². The fourth-order valence-corrected chi connectivity index (χ4v) is 6.41. The van der Waals surface area contributed by atoms with Crippen molar-refractivity contribution in [3.8, 4) is 0 Å². The van der Waals surface area contributed by atoms with Crippen LogP contribution in [-0.4, -0.2) is 57.9 Å². The van der Waals surface area contributed by atoms with Gasteiger partial charge in [-0.2, -0.15) is 8.42 Å². The van der Waals surface area contributed by atoms with E-state index in [-0.39, 0.29) is 32.9 Å². The molecule has 0 bridgehead atoms. The van der Waals surface area contributed by atoms with Crippen molar-refractivity contribution in [3.63, 3.8) is 0 Å². The number of amides is 2. The largest absolute Gasteiger partial charge is 0.744 e. The second-order valence-electron chi connectivity index (χ2n) is 8.13. The van der Waals surface area contributed by atoms with Crippen molar-refractivity contribution < 1.29 is 56.7 Å². The topological polar surface area (TPSA) is 267 Å². The standard InChI is InChI=1S/C21H16N2O13S4/c24-21(22-13-3-1-11-5-15(37(25,26)27)9-19(17(11)7-13)39(31,32)33)23-14-4-2-12-6-16(38(28,29)30)10-20(18(12)8-14)40(34,35)36/h1-10H,(H2,22,23,24)(H,25,26,27)(H,28,29,30)(H,31,32,33)(H,34,35,36)/p-3. The zero-order valence-corrected chi connectivity index (χ0v) is 22.5. The highest BCUT2D eigenvalue weighted by Gasteiger charge is 2.18. The van der Waals surface area contributed by atoms with Crippen LogP contribution < -0.4 is 10.6 Å². The van der Waals surface area contributed by atoms with Crippen LogP contribution in [0.4, 0.5) is 16.2 Å². The number of urea groups is 1. The first kappa shape index (κ1) is 29.3. The van der Waals surface area contributed by atoms with E-state index in [0.29, 0.717) is 12.1 Å². The number of benzene rings is 4. The Labute approximate surface area is 226 Å². The molecular weight excluding hydrogens is 617 g/mol. The van der Waals surface area contributed by atoms with E-state index in [2.05, 4.69) is 10.6 Å². The Morgan fingerprint density at radius 2 is 0.975 bits per heavy atom. The summed E-state index contributed by atoms with van der Waals surface area (Å²) in [7, 11) is -20.5. The van der Waals surface area contributed by atoms with E-state index in [1.54, 1.807) is 0 Å². The zero-order chi connectivity index (χ0) is 29.8. The molecule has 3 N–H and O–H groups in total. The van der Waals surface area contributed by atoms with Gasteiger partial charge in [-0.05, 0) is 59.3 Å². The van der Waals surface area contributed by atoms with Crippen LogP contribution >= 0.6 is 0 Å². The van der Waals surface area contributed by atoms with Crippen LogP contribution in [0, 0.1) is 0 Å². The van der Waals surface area contributed by atoms with Gasteiger partial charge in [0.1, 0.15) is 30.4 Å². The predicted molar refractivity (Wildman–Crippen MR) is 134 cm³/mol. The second-order valence-corrected chi connectivity index (χ2v) is 13.6. The fourth-order valence-electron chi connectivity index (χ4n) is 3.75. The third kappa shape index (κ3) is 6.21. The Morgan fingerprint density at radius 3 is 1.35 bits per heavy atom. The summed E-state index contributed by atoms with van der Waals surface area (Å²) in [5, 5.41) is 3.86. The second kappa shape index (κ2) is 9.74. The lowest BCUT2D eigenvalue weighted by Crippen LogP contribution is -2.19. The molecule has 0 radical (unpaired) electrons. The number of anilines is 2. The molecule has 0 heterocycles. The number of carbonyl (C=O) groups excluding carboxylic acids is 1. The molecule has 4 aromatic carbocycles. The van der Waals surface area contributed by atoms with Crippen molar-refractivity contribution >= 4 is 79.4 Å². The minimum Gasteiger partial charge on any atom is -0.744 e. The number of rotatable bonds is 6. The Hall–Kier alpha value is -3.69.